The summed E-state index contributed by atoms with van der Waals surface area (Å²) in [5, 5.41) is 8.74. The first-order chi connectivity index (χ1) is 14.8. The summed E-state index contributed by atoms with van der Waals surface area (Å²) in [7, 11) is 0. The highest BCUT2D eigenvalue weighted by molar-refractivity contribution is 5.96. The van der Waals surface area contributed by atoms with Gasteiger partial charge in [-0.3, -0.25) is 14.7 Å². The molecule has 0 unspecified atom stereocenters. The topological polar surface area (TPSA) is 90.6 Å². The van der Waals surface area contributed by atoms with E-state index in [4.69, 9.17) is 0 Å². The van der Waals surface area contributed by atoms with Crippen molar-refractivity contribution in [1.82, 2.24) is 20.5 Å². The lowest BCUT2D eigenvalue weighted by molar-refractivity contribution is -0.136. The minimum Gasteiger partial charge on any atom is -0.350 e. The third-order valence-corrected chi connectivity index (χ3v) is 4.86. The Labute approximate surface area is 174 Å². The largest absolute Gasteiger partial charge is 0.418 e. The number of halogens is 3. The van der Waals surface area contributed by atoms with Gasteiger partial charge in [-0.2, -0.15) is 18.3 Å². The van der Waals surface area contributed by atoms with Gasteiger partial charge < -0.3 is 10.3 Å². The van der Waals surface area contributed by atoms with Crippen molar-refractivity contribution in [2.75, 3.05) is 6.54 Å². The molecule has 0 radical (unpaired) electrons. The van der Waals surface area contributed by atoms with Crippen molar-refractivity contribution in [3.63, 3.8) is 0 Å². The number of rotatable bonds is 5. The van der Waals surface area contributed by atoms with Gasteiger partial charge in [-0.25, -0.2) is 0 Å². The molecule has 0 bridgehead atoms. The van der Waals surface area contributed by atoms with Crippen molar-refractivity contribution in [3.8, 4) is 11.1 Å². The number of carbonyl (C=O) groups excluding carboxylic acids is 1. The van der Waals surface area contributed by atoms with Crippen LogP contribution in [0, 0.1) is 0 Å². The Bertz CT molecular complexity index is 1280. The summed E-state index contributed by atoms with van der Waals surface area (Å²) in [6, 6.07) is 12.7. The highest BCUT2D eigenvalue weighted by atomic mass is 19.4. The van der Waals surface area contributed by atoms with Gasteiger partial charge in [0.15, 0.2) is 5.43 Å². The molecule has 3 N–H and O–H groups in total. The van der Waals surface area contributed by atoms with Crippen LogP contribution in [0.4, 0.5) is 13.2 Å². The van der Waals surface area contributed by atoms with E-state index in [1.54, 1.807) is 0 Å². The van der Waals surface area contributed by atoms with Crippen LogP contribution in [-0.2, 0) is 12.6 Å². The van der Waals surface area contributed by atoms with Crippen molar-refractivity contribution in [2.24, 2.45) is 0 Å². The van der Waals surface area contributed by atoms with Gasteiger partial charge in [0.05, 0.1) is 17.3 Å². The molecule has 6 nitrogen and oxygen atoms in total. The van der Waals surface area contributed by atoms with Crippen LogP contribution < -0.4 is 10.7 Å². The molecular formula is C22H17F3N4O2. The second-order valence-corrected chi connectivity index (χ2v) is 6.97. The van der Waals surface area contributed by atoms with E-state index in [1.165, 1.54) is 18.5 Å². The average molecular weight is 426 g/mol. The fourth-order valence-electron chi connectivity index (χ4n) is 3.33. The molecular weight excluding hydrogens is 409 g/mol. The number of alkyl halides is 3. The molecule has 2 heterocycles. The van der Waals surface area contributed by atoms with E-state index in [9.17, 15) is 22.8 Å². The number of nitrogens with one attached hydrogen (secondary N) is 3. The Morgan fingerprint density at radius 1 is 1.06 bits per heavy atom. The normalized spacial score (nSPS) is 11.6. The molecule has 4 aromatic rings. The third-order valence-electron chi connectivity index (χ3n) is 4.86. The quantitative estimate of drug-likeness (QED) is 0.452. The van der Waals surface area contributed by atoms with E-state index >= 15 is 0 Å². The number of nitrogens with zero attached hydrogens (tertiary/aromatic N) is 1. The molecule has 0 saturated carbocycles. The lowest BCUT2D eigenvalue weighted by Gasteiger charge is -2.14. The van der Waals surface area contributed by atoms with Crippen molar-refractivity contribution in [1.29, 1.82) is 0 Å². The number of benzene rings is 2. The molecule has 158 valence electrons. The van der Waals surface area contributed by atoms with Crippen LogP contribution in [-0.4, -0.2) is 27.6 Å². The molecule has 1 amide bonds. The molecule has 9 heteroatoms. The number of aromatic nitrogens is 3. The van der Waals surface area contributed by atoms with Crippen LogP contribution in [0.1, 0.15) is 21.6 Å². The van der Waals surface area contributed by atoms with Gasteiger partial charge in [0.2, 0.25) is 0 Å². The van der Waals surface area contributed by atoms with Gasteiger partial charge in [0, 0.05) is 29.8 Å². The maximum absolute atomic E-state index is 13.7. The molecule has 0 atom stereocenters. The number of amides is 1. The van der Waals surface area contributed by atoms with Gasteiger partial charge in [-0.05, 0) is 29.7 Å². The highest BCUT2D eigenvalue weighted by Crippen LogP contribution is 2.36. The Kier molecular flexibility index (Phi) is 5.33. The Morgan fingerprint density at radius 2 is 1.84 bits per heavy atom. The van der Waals surface area contributed by atoms with Gasteiger partial charge in [-0.1, -0.05) is 30.3 Å². The summed E-state index contributed by atoms with van der Waals surface area (Å²) in [5.74, 6) is -0.651. The van der Waals surface area contributed by atoms with Crippen molar-refractivity contribution in [2.45, 2.75) is 12.6 Å². The summed E-state index contributed by atoms with van der Waals surface area (Å²) < 4.78 is 41.2. The number of pyridine rings is 1. The van der Waals surface area contributed by atoms with Crippen molar-refractivity contribution < 1.29 is 18.0 Å². The number of aromatic amines is 2. The Hall–Kier alpha value is -3.88. The number of hydrogen-bond donors (Lipinski definition) is 3. The molecule has 0 aliphatic rings. The van der Waals surface area contributed by atoms with E-state index < -0.39 is 28.6 Å². The van der Waals surface area contributed by atoms with Crippen LogP contribution in [0.5, 0.6) is 0 Å². The number of hydrogen-bond acceptors (Lipinski definition) is 3. The first kappa shape index (κ1) is 20.4. The van der Waals surface area contributed by atoms with Crippen molar-refractivity contribution in [3.05, 3.63) is 88.0 Å². The number of H-pyrrole nitrogens is 2. The average Bonchev–Trinajstić information content (AvgIpc) is 3.28. The SMILES string of the molecule is O=C(NCCc1ccccc1)c1cc(=O)c2cc(-c3cn[nH]c3)cc(C(F)(F)F)c2[nH]1. The second-order valence-electron chi connectivity index (χ2n) is 6.97. The maximum atomic E-state index is 13.7. The van der Waals surface area contributed by atoms with Crippen LogP contribution >= 0.6 is 0 Å². The molecule has 31 heavy (non-hydrogen) atoms. The summed E-state index contributed by atoms with van der Waals surface area (Å²) in [5.41, 5.74) is -0.766. The standard InChI is InChI=1S/C22H17F3N4O2/c23-22(24,25)17-9-14(15-11-27-28-12-15)8-16-19(30)10-18(29-20(16)17)21(31)26-7-6-13-4-2-1-3-5-13/h1-5,8-12H,6-7H2,(H,26,31)(H,27,28)(H,29,30). The van der Waals surface area contributed by atoms with Gasteiger partial charge >= 0.3 is 6.18 Å². The molecule has 0 spiro atoms. The zero-order valence-electron chi connectivity index (χ0n) is 16.1. The molecule has 0 aliphatic heterocycles. The Balaban J connectivity index is 1.69. The number of carbonyl (C=O) groups is 1. The number of fused-ring (bicyclic) bond motifs is 1. The first-order valence-electron chi connectivity index (χ1n) is 9.42. The lowest BCUT2D eigenvalue weighted by atomic mass is 10.0. The van der Waals surface area contributed by atoms with Gasteiger partial charge in [0.1, 0.15) is 5.69 Å². The third kappa shape index (κ3) is 4.35. The van der Waals surface area contributed by atoms with E-state index in [1.807, 2.05) is 30.3 Å². The summed E-state index contributed by atoms with van der Waals surface area (Å²) in [6.07, 6.45) is -1.39. The molecule has 4 rings (SSSR count). The molecule has 2 aromatic heterocycles. The second kappa shape index (κ2) is 8.10. The van der Waals surface area contributed by atoms with Crippen LogP contribution in [0.15, 0.2) is 65.7 Å². The zero-order chi connectivity index (χ0) is 22.0. The van der Waals surface area contributed by atoms with Crippen LogP contribution in [0.25, 0.3) is 22.0 Å². The fraction of sp³-hybridized carbons (Fsp3) is 0.136. The van der Waals surface area contributed by atoms with E-state index in [-0.39, 0.29) is 23.2 Å². The smallest absolute Gasteiger partial charge is 0.350 e. The zero-order valence-corrected chi connectivity index (χ0v) is 16.1. The fourth-order valence-corrected chi connectivity index (χ4v) is 3.33. The summed E-state index contributed by atoms with van der Waals surface area (Å²) in [4.78, 5) is 27.6. The summed E-state index contributed by atoms with van der Waals surface area (Å²) >= 11 is 0. The first-order valence-corrected chi connectivity index (χ1v) is 9.42. The van der Waals surface area contributed by atoms with E-state index in [2.05, 4.69) is 20.5 Å². The predicted octanol–water partition coefficient (Wildman–Crippen LogP) is 3.91. The minimum atomic E-state index is -4.73. The maximum Gasteiger partial charge on any atom is 0.418 e. The molecule has 0 fully saturated rings. The molecule has 0 aliphatic carbocycles. The molecule has 2 aromatic carbocycles. The predicted molar refractivity (Wildman–Crippen MR) is 110 cm³/mol. The minimum absolute atomic E-state index is 0.160. The summed E-state index contributed by atoms with van der Waals surface area (Å²) in [6.45, 7) is 0.272. The molecule has 0 saturated heterocycles. The van der Waals surface area contributed by atoms with E-state index in [0.29, 0.717) is 12.0 Å². The van der Waals surface area contributed by atoms with Crippen LogP contribution in [0.2, 0.25) is 0 Å². The van der Waals surface area contributed by atoms with E-state index in [0.717, 1.165) is 17.7 Å². The monoisotopic (exact) mass is 426 g/mol. The van der Waals surface area contributed by atoms with Crippen LogP contribution in [0.3, 0.4) is 0 Å². The Morgan fingerprint density at radius 3 is 2.52 bits per heavy atom. The highest BCUT2D eigenvalue weighted by Gasteiger charge is 2.34. The van der Waals surface area contributed by atoms with Gasteiger partial charge in [0.25, 0.3) is 5.91 Å². The van der Waals surface area contributed by atoms with Gasteiger partial charge in [-0.15, -0.1) is 0 Å². The van der Waals surface area contributed by atoms with Crippen molar-refractivity contribution >= 4 is 16.8 Å². The lowest BCUT2D eigenvalue weighted by Crippen LogP contribution is -2.28.